The highest BCUT2D eigenvalue weighted by molar-refractivity contribution is 6.10. The third-order valence-corrected chi connectivity index (χ3v) is 3.73. The number of nitro groups is 1. The highest BCUT2D eigenvalue weighted by Gasteiger charge is 2.24. The number of anilines is 1. The number of fused-ring (bicyclic) bond motifs is 1. The van der Waals surface area contributed by atoms with Crippen LogP contribution in [0.5, 0.6) is 11.5 Å². The predicted molar refractivity (Wildman–Crippen MR) is 92.7 cm³/mol. The smallest absolute Gasteiger partial charge is 0.296 e. The molecule has 1 amide bonds. The van der Waals surface area contributed by atoms with Crippen molar-refractivity contribution in [1.82, 2.24) is 0 Å². The fraction of sp³-hybridized carbons (Fsp3) is 0.111. The average Bonchev–Trinajstić information content (AvgIpc) is 2.66. The molecule has 0 saturated carbocycles. The summed E-state index contributed by atoms with van der Waals surface area (Å²) < 4.78 is 37.3. The molecule has 0 spiro atoms. The van der Waals surface area contributed by atoms with E-state index < -0.39 is 33.7 Å². The maximum absolute atomic E-state index is 13.8. The van der Waals surface area contributed by atoms with Crippen LogP contribution in [0.1, 0.15) is 5.56 Å². The molecule has 10 heteroatoms. The lowest BCUT2D eigenvalue weighted by molar-refractivity contribution is -0.384. The summed E-state index contributed by atoms with van der Waals surface area (Å²) in [5, 5.41) is 22.7. The zero-order valence-electron chi connectivity index (χ0n) is 14.1. The number of halogens is 2. The van der Waals surface area contributed by atoms with Crippen LogP contribution in [0.25, 0.3) is 6.08 Å². The zero-order chi connectivity index (χ0) is 20.3. The number of amides is 1. The van der Waals surface area contributed by atoms with Gasteiger partial charge >= 0.3 is 0 Å². The fourth-order valence-corrected chi connectivity index (χ4v) is 2.44. The van der Waals surface area contributed by atoms with Gasteiger partial charge in [0.1, 0.15) is 42.2 Å². The Balaban J connectivity index is 1.93. The lowest BCUT2D eigenvalue weighted by Gasteiger charge is -2.19. The van der Waals surface area contributed by atoms with E-state index in [1.54, 1.807) is 6.07 Å². The van der Waals surface area contributed by atoms with E-state index in [9.17, 15) is 29.0 Å². The Morgan fingerprint density at radius 1 is 1.21 bits per heavy atom. The second-order valence-corrected chi connectivity index (χ2v) is 5.56. The van der Waals surface area contributed by atoms with E-state index in [4.69, 9.17) is 9.47 Å². The number of rotatable bonds is 4. The number of nitrogens with zero attached hydrogens (tertiary/aromatic N) is 2. The Kier molecular flexibility index (Phi) is 5.17. The molecule has 1 heterocycles. The summed E-state index contributed by atoms with van der Waals surface area (Å²) in [7, 11) is 0. The quantitative estimate of drug-likeness (QED) is 0.373. The second-order valence-electron chi connectivity index (χ2n) is 5.56. The molecule has 0 atom stereocenters. The Bertz CT molecular complexity index is 1050. The first-order valence-corrected chi connectivity index (χ1v) is 7.85. The normalized spacial score (nSPS) is 12.8. The summed E-state index contributed by atoms with van der Waals surface area (Å²) in [6.07, 6.45) is 0.911. The molecule has 1 aliphatic heterocycles. The van der Waals surface area contributed by atoms with Crippen molar-refractivity contribution in [1.29, 1.82) is 5.26 Å². The van der Waals surface area contributed by atoms with E-state index in [0.29, 0.717) is 6.07 Å². The van der Waals surface area contributed by atoms with Gasteiger partial charge in [0.2, 0.25) is 0 Å². The first-order chi connectivity index (χ1) is 13.4. The van der Waals surface area contributed by atoms with Crippen LogP contribution in [-0.4, -0.2) is 24.0 Å². The van der Waals surface area contributed by atoms with Crippen molar-refractivity contribution >= 4 is 23.4 Å². The number of carbonyl (C=O) groups excluding carboxylic acids is 1. The molecule has 0 saturated heterocycles. The topological polar surface area (TPSA) is 114 Å². The van der Waals surface area contributed by atoms with Gasteiger partial charge in [-0.3, -0.25) is 14.9 Å². The number of nitro benzene ring substituents is 1. The minimum absolute atomic E-state index is 0.153. The molecule has 8 nitrogen and oxygen atoms in total. The molecule has 142 valence electrons. The Labute approximate surface area is 156 Å². The number of ether oxygens (including phenoxy) is 2. The van der Waals surface area contributed by atoms with Crippen molar-refractivity contribution in [3.05, 3.63) is 63.2 Å². The molecule has 3 rings (SSSR count). The van der Waals surface area contributed by atoms with Gasteiger partial charge in [0.15, 0.2) is 11.5 Å². The lowest BCUT2D eigenvalue weighted by Crippen LogP contribution is -2.18. The number of benzene rings is 2. The van der Waals surface area contributed by atoms with Crippen LogP contribution in [0.15, 0.2) is 35.9 Å². The SMILES string of the molecule is N#C/C(=C/c1ccc(F)cc1F)C(=O)Nc1cc2c(cc1[N+](=O)[O-])OCCO2. The summed E-state index contributed by atoms with van der Waals surface area (Å²) in [5.41, 5.74) is -1.41. The average molecular weight is 387 g/mol. The van der Waals surface area contributed by atoms with Crippen molar-refractivity contribution in [2.75, 3.05) is 18.5 Å². The number of nitrogens with one attached hydrogen (secondary N) is 1. The van der Waals surface area contributed by atoms with Crippen molar-refractivity contribution in [3.63, 3.8) is 0 Å². The largest absolute Gasteiger partial charge is 0.486 e. The van der Waals surface area contributed by atoms with E-state index in [0.717, 1.165) is 24.3 Å². The van der Waals surface area contributed by atoms with Crippen molar-refractivity contribution < 1.29 is 28.0 Å². The van der Waals surface area contributed by atoms with Crippen LogP contribution in [-0.2, 0) is 4.79 Å². The maximum atomic E-state index is 13.8. The molecule has 0 radical (unpaired) electrons. The zero-order valence-corrected chi connectivity index (χ0v) is 14.1. The van der Waals surface area contributed by atoms with Gasteiger partial charge in [0.25, 0.3) is 11.6 Å². The Morgan fingerprint density at radius 3 is 2.50 bits per heavy atom. The van der Waals surface area contributed by atoms with Gasteiger partial charge < -0.3 is 14.8 Å². The summed E-state index contributed by atoms with van der Waals surface area (Å²) in [6, 6.07) is 6.51. The van der Waals surface area contributed by atoms with E-state index in [1.165, 1.54) is 6.07 Å². The summed E-state index contributed by atoms with van der Waals surface area (Å²) >= 11 is 0. The Hall–Kier alpha value is -4.00. The number of hydrogen-bond donors (Lipinski definition) is 1. The third-order valence-electron chi connectivity index (χ3n) is 3.73. The van der Waals surface area contributed by atoms with E-state index in [1.807, 2.05) is 0 Å². The molecule has 2 aromatic carbocycles. The van der Waals surface area contributed by atoms with E-state index >= 15 is 0 Å². The monoisotopic (exact) mass is 387 g/mol. The van der Waals surface area contributed by atoms with Gasteiger partial charge in [-0.15, -0.1) is 0 Å². The van der Waals surface area contributed by atoms with Crippen LogP contribution < -0.4 is 14.8 Å². The van der Waals surface area contributed by atoms with Gasteiger partial charge in [-0.1, -0.05) is 0 Å². The van der Waals surface area contributed by atoms with Crippen LogP contribution in [0, 0.1) is 33.1 Å². The van der Waals surface area contributed by atoms with E-state index in [2.05, 4.69) is 5.32 Å². The molecule has 0 unspecified atom stereocenters. The second kappa shape index (κ2) is 7.71. The first-order valence-electron chi connectivity index (χ1n) is 7.85. The van der Waals surface area contributed by atoms with Crippen LogP contribution >= 0.6 is 0 Å². The van der Waals surface area contributed by atoms with Crippen molar-refractivity contribution in [2.45, 2.75) is 0 Å². The molecule has 0 aliphatic carbocycles. The molecule has 28 heavy (non-hydrogen) atoms. The Morgan fingerprint density at radius 2 is 1.89 bits per heavy atom. The van der Waals surface area contributed by atoms with Gasteiger partial charge in [-0.25, -0.2) is 8.78 Å². The van der Waals surface area contributed by atoms with Gasteiger partial charge in [-0.2, -0.15) is 5.26 Å². The van der Waals surface area contributed by atoms with Crippen molar-refractivity contribution in [3.8, 4) is 17.6 Å². The van der Waals surface area contributed by atoms with Gasteiger partial charge in [-0.05, 0) is 18.2 Å². The summed E-state index contributed by atoms with van der Waals surface area (Å²) in [4.78, 5) is 22.9. The number of nitriles is 1. The van der Waals surface area contributed by atoms with Gasteiger partial charge in [0.05, 0.1) is 11.0 Å². The fourth-order valence-electron chi connectivity index (χ4n) is 2.44. The number of carbonyl (C=O) groups is 1. The third kappa shape index (κ3) is 3.88. The molecule has 2 aromatic rings. The minimum Gasteiger partial charge on any atom is -0.486 e. The molecule has 0 bridgehead atoms. The highest BCUT2D eigenvalue weighted by Crippen LogP contribution is 2.39. The summed E-state index contributed by atoms with van der Waals surface area (Å²) in [5.74, 6) is -2.44. The summed E-state index contributed by atoms with van der Waals surface area (Å²) in [6.45, 7) is 0.450. The van der Waals surface area contributed by atoms with Crippen LogP contribution in [0.3, 0.4) is 0 Å². The molecule has 0 fully saturated rings. The maximum Gasteiger partial charge on any atom is 0.296 e. The molecule has 1 N–H and O–H groups in total. The molecular formula is C18H11F2N3O5. The van der Waals surface area contributed by atoms with E-state index in [-0.39, 0.29) is 36.0 Å². The highest BCUT2D eigenvalue weighted by atomic mass is 19.1. The lowest BCUT2D eigenvalue weighted by atomic mass is 10.1. The standard InChI is InChI=1S/C18H11F2N3O5/c19-12-2-1-10(13(20)6-12)5-11(9-21)18(24)22-14-7-16-17(28-4-3-27-16)8-15(14)23(25)26/h1-2,5-8H,3-4H2,(H,22,24)/b11-5-. The van der Waals surface area contributed by atoms with Crippen molar-refractivity contribution in [2.24, 2.45) is 0 Å². The predicted octanol–water partition coefficient (Wildman–Crippen LogP) is 3.19. The van der Waals surface area contributed by atoms with Crippen LogP contribution in [0.4, 0.5) is 20.2 Å². The minimum atomic E-state index is -1.01. The van der Waals surface area contributed by atoms with Gasteiger partial charge in [0, 0.05) is 17.7 Å². The first kappa shape index (κ1) is 18.8. The molecular weight excluding hydrogens is 376 g/mol. The number of hydrogen-bond acceptors (Lipinski definition) is 6. The molecule has 1 aliphatic rings. The van der Waals surface area contributed by atoms with Crippen LogP contribution in [0.2, 0.25) is 0 Å². The molecule has 0 aromatic heterocycles.